The minimum Gasteiger partial charge on any atom is -0.444 e. The molecule has 31 heavy (non-hydrogen) atoms. The number of aryl methyl sites for hydroxylation is 2. The van der Waals surface area contributed by atoms with E-state index in [4.69, 9.17) is 4.42 Å². The van der Waals surface area contributed by atoms with Crippen LogP contribution in [0.25, 0.3) is 22.7 Å². The Morgan fingerprint density at radius 1 is 1.00 bits per heavy atom. The summed E-state index contributed by atoms with van der Waals surface area (Å²) in [5, 5.41) is 5.51. The molecule has 5 nitrogen and oxygen atoms in total. The molecule has 0 spiro atoms. The topological polar surface area (TPSA) is 67.2 Å². The predicted molar refractivity (Wildman–Crippen MR) is 119 cm³/mol. The Labute approximate surface area is 180 Å². The van der Waals surface area contributed by atoms with E-state index in [9.17, 15) is 9.18 Å². The molecular formula is C25H22FN3O2. The smallest absolute Gasteiger partial charge is 0.319 e. The molecular weight excluding hydrogens is 393 g/mol. The molecule has 0 aliphatic rings. The molecule has 4 rings (SSSR count). The molecule has 2 N–H and O–H groups in total. The van der Waals surface area contributed by atoms with Crippen LogP contribution in [0.1, 0.15) is 16.7 Å². The summed E-state index contributed by atoms with van der Waals surface area (Å²) in [7, 11) is 0. The number of halogens is 1. The van der Waals surface area contributed by atoms with Gasteiger partial charge >= 0.3 is 6.03 Å². The molecule has 2 amide bonds. The van der Waals surface area contributed by atoms with E-state index in [0.717, 1.165) is 27.9 Å². The number of urea groups is 1. The molecule has 0 aliphatic heterocycles. The lowest BCUT2D eigenvalue weighted by molar-refractivity contribution is 0.251. The molecule has 156 valence electrons. The summed E-state index contributed by atoms with van der Waals surface area (Å²) in [6.07, 6.45) is 1.66. The van der Waals surface area contributed by atoms with Crippen LogP contribution in [0.2, 0.25) is 0 Å². The third kappa shape index (κ3) is 4.98. The van der Waals surface area contributed by atoms with Crippen molar-refractivity contribution in [3.63, 3.8) is 0 Å². The Bertz CT molecular complexity index is 1200. The van der Waals surface area contributed by atoms with E-state index in [1.807, 2.05) is 26.0 Å². The highest BCUT2D eigenvalue weighted by atomic mass is 19.1. The fourth-order valence-electron chi connectivity index (χ4n) is 3.20. The van der Waals surface area contributed by atoms with Crippen molar-refractivity contribution < 1.29 is 13.6 Å². The summed E-state index contributed by atoms with van der Waals surface area (Å²) in [6, 6.07) is 19.1. The normalized spacial score (nSPS) is 10.7. The van der Waals surface area contributed by atoms with Gasteiger partial charge in [0.05, 0.1) is 0 Å². The van der Waals surface area contributed by atoms with Crippen molar-refractivity contribution in [2.24, 2.45) is 0 Å². The van der Waals surface area contributed by atoms with Gasteiger partial charge in [-0.05, 0) is 67.4 Å². The molecule has 0 unspecified atom stereocenters. The second-order valence-electron chi connectivity index (χ2n) is 7.37. The molecule has 1 aromatic heterocycles. The first-order chi connectivity index (χ1) is 15.0. The molecule has 6 heteroatoms. The maximum absolute atomic E-state index is 12.9. The largest absolute Gasteiger partial charge is 0.444 e. The first-order valence-electron chi connectivity index (χ1n) is 9.91. The van der Waals surface area contributed by atoms with Crippen LogP contribution in [0.4, 0.5) is 14.9 Å². The lowest BCUT2D eigenvalue weighted by atomic mass is 10.0. The number of oxazole rings is 1. The fraction of sp³-hybridized carbons (Fsp3) is 0.120. The van der Waals surface area contributed by atoms with E-state index >= 15 is 0 Å². The van der Waals surface area contributed by atoms with Gasteiger partial charge in [0, 0.05) is 23.4 Å². The van der Waals surface area contributed by atoms with E-state index in [1.165, 1.54) is 17.7 Å². The van der Waals surface area contributed by atoms with Crippen LogP contribution in [-0.2, 0) is 6.54 Å². The number of anilines is 1. The SMILES string of the molecule is Cc1ccc(C)c(-c2coc(-c3ccc(NC(=O)NCc4ccc(F)cc4)cc3)n2)c1. The Kier molecular flexibility index (Phi) is 5.80. The Morgan fingerprint density at radius 3 is 2.48 bits per heavy atom. The minimum absolute atomic E-state index is 0.305. The molecule has 0 radical (unpaired) electrons. The molecule has 0 aliphatic carbocycles. The fourth-order valence-corrected chi connectivity index (χ4v) is 3.20. The number of aromatic nitrogens is 1. The van der Waals surface area contributed by atoms with Crippen LogP contribution in [0, 0.1) is 19.7 Å². The first kappa shape index (κ1) is 20.3. The van der Waals surface area contributed by atoms with Crippen LogP contribution in [0.5, 0.6) is 0 Å². The van der Waals surface area contributed by atoms with Gasteiger partial charge < -0.3 is 15.1 Å². The Morgan fingerprint density at radius 2 is 1.74 bits per heavy atom. The zero-order chi connectivity index (χ0) is 21.8. The van der Waals surface area contributed by atoms with Gasteiger partial charge in [0.25, 0.3) is 0 Å². The van der Waals surface area contributed by atoms with Crippen molar-refractivity contribution in [3.8, 4) is 22.7 Å². The molecule has 0 bridgehead atoms. The standard InChI is InChI=1S/C25H22FN3O2/c1-16-3-4-17(2)22(13-16)23-15-31-24(29-23)19-7-11-21(12-8-19)28-25(30)27-14-18-5-9-20(26)10-6-18/h3-13,15H,14H2,1-2H3,(H2,27,28,30). The van der Waals surface area contributed by atoms with Gasteiger partial charge in [-0.2, -0.15) is 0 Å². The molecule has 4 aromatic rings. The number of nitrogens with one attached hydrogen (secondary N) is 2. The first-order valence-corrected chi connectivity index (χ1v) is 9.91. The number of hydrogen-bond acceptors (Lipinski definition) is 3. The van der Waals surface area contributed by atoms with E-state index in [0.29, 0.717) is 18.1 Å². The molecule has 0 saturated heterocycles. The average molecular weight is 415 g/mol. The second-order valence-corrected chi connectivity index (χ2v) is 7.37. The highest BCUT2D eigenvalue weighted by molar-refractivity contribution is 5.89. The monoisotopic (exact) mass is 415 g/mol. The second kappa shape index (κ2) is 8.83. The summed E-state index contributed by atoms with van der Waals surface area (Å²) in [5.41, 5.74) is 6.41. The van der Waals surface area contributed by atoms with Crippen molar-refractivity contribution in [2.45, 2.75) is 20.4 Å². The average Bonchev–Trinajstić information content (AvgIpc) is 3.25. The van der Waals surface area contributed by atoms with E-state index in [1.54, 1.807) is 30.5 Å². The van der Waals surface area contributed by atoms with Gasteiger partial charge in [0.2, 0.25) is 5.89 Å². The number of carbonyl (C=O) groups is 1. The third-order valence-corrected chi connectivity index (χ3v) is 4.93. The van der Waals surface area contributed by atoms with Gasteiger partial charge in [-0.3, -0.25) is 0 Å². The summed E-state index contributed by atoms with van der Waals surface area (Å²) in [5.74, 6) is 0.212. The maximum Gasteiger partial charge on any atom is 0.319 e. The molecule has 0 fully saturated rings. The van der Waals surface area contributed by atoms with Crippen LogP contribution >= 0.6 is 0 Å². The lowest BCUT2D eigenvalue weighted by Gasteiger charge is -2.08. The van der Waals surface area contributed by atoms with Crippen molar-refractivity contribution in [3.05, 3.63) is 95.5 Å². The summed E-state index contributed by atoms with van der Waals surface area (Å²) in [6.45, 7) is 4.40. The Balaban J connectivity index is 1.39. The number of hydrogen-bond donors (Lipinski definition) is 2. The maximum atomic E-state index is 12.9. The Hall–Kier alpha value is -3.93. The number of carbonyl (C=O) groups excluding carboxylic acids is 1. The van der Waals surface area contributed by atoms with Gasteiger partial charge in [-0.25, -0.2) is 14.2 Å². The summed E-state index contributed by atoms with van der Waals surface area (Å²) >= 11 is 0. The quantitative estimate of drug-likeness (QED) is 0.415. The van der Waals surface area contributed by atoms with E-state index in [2.05, 4.69) is 33.8 Å². The van der Waals surface area contributed by atoms with Crippen LogP contribution in [-0.4, -0.2) is 11.0 Å². The number of benzene rings is 3. The van der Waals surface area contributed by atoms with Gasteiger partial charge in [-0.15, -0.1) is 0 Å². The van der Waals surface area contributed by atoms with Crippen molar-refractivity contribution in [1.82, 2.24) is 10.3 Å². The van der Waals surface area contributed by atoms with Gasteiger partial charge in [0.1, 0.15) is 17.8 Å². The van der Waals surface area contributed by atoms with Crippen LogP contribution in [0.15, 0.2) is 77.4 Å². The van der Waals surface area contributed by atoms with Gasteiger partial charge in [-0.1, -0.05) is 29.8 Å². The molecule has 1 heterocycles. The zero-order valence-corrected chi connectivity index (χ0v) is 17.3. The van der Waals surface area contributed by atoms with Crippen molar-refractivity contribution in [2.75, 3.05) is 5.32 Å². The summed E-state index contributed by atoms with van der Waals surface area (Å²) in [4.78, 5) is 16.7. The molecule has 3 aromatic carbocycles. The zero-order valence-electron chi connectivity index (χ0n) is 17.3. The highest BCUT2D eigenvalue weighted by Crippen LogP contribution is 2.28. The molecule has 0 saturated carbocycles. The predicted octanol–water partition coefficient (Wildman–Crippen LogP) is 6.09. The van der Waals surface area contributed by atoms with E-state index in [-0.39, 0.29) is 11.8 Å². The highest BCUT2D eigenvalue weighted by Gasteiger charge is 2.11. The lowest BCUT2D eigenvalue weighted by Crippen LogP contribution is -2.28. The van der Waals surface area contributed by atoms with E-state index < -0.39 is 0 Å². The number of rotatable bonds is 5. The van der Waals surface area contributed by atoms with Crippen LogP contribution < -0.4 is 10.6 Å². The number of amides is 2. The van der Waals surface area contributed by atoms with Crippen molar-refractivity contribution in [1.29, 1.82) is 0 Å². The van der Waals surface area contributed by atoms with Gasteiger partial charge in [0.15, 0.2) is 0 Å². The van der Waals surface area contributed by atoms with Crippen molar-refractivity contribution >= 4 is 11.7 Å². The van der Waals surface area contributed by atoms with Crippen LogP contribution in [0.3, 0.4) is 0 Å². The molecule has 0 atom stereocenters. The minimum atomic E-state index is -0.342. The number of nitrogens with zero attached hydrogens (tertiary/aromatic N) is 1. The third-order valence-electron chi connectivity index (χ3n) is 4.93. The summed E-state index contributed by atoms with van der Waals surface area (Å²) < 4.78 is 18.6.